The number of pyridine rings is 1. The Balaban J connectivity index is 0.000000184. The molecule has 0 amide bonds. The van der Waals surface area contributed by atoms with Crippen molar-refractivity contribution in [3.8, 4) is 5.75 Å². The highest BCUT2D eigenvalue weighted by molar-refractivity contribution is 6.31. The van der Waals surface area contributed by atoms with Crippen LogP contribution in [0.25, 0.3) is 5.65 Å². The average molecular weight is 842 g/mol. The Morgan fingerprint density at radius 1 is 0.593 bits per heavy atom. The van der Waals surface area contributed by atoms with Crippen LogP contribution in [0.4, 0.5) is 11.4 Å². The van der Waals surface area contributed by atoms with E-state index in [-0.39, 0.29) is 11.4 Å². The quantitative estimate of drug-likeness (QED) is 0.125. The SMILES string of the molecule is CCc1nn(CCCN2CCN(c3cccc(Cl)c3)CC2)c(=O)n1CCOc1ccccc1.O=c1n(CCCN2CCN(c3cccc(Cl)c3)CC2)nc2ccccn12. The molecule has 13 nitrogen and oxygen atoms in total. The molecular formula is C44H54Cl2N10O3. The number of hydrogen-bond donors (Lipinski definition) is 0. The number of piperazine rings is 2. The van der Waals surface area contributed by atoms with Crippen molar-refractivity contribution in [2.24, 2.45) is 0 Å². The van der Waals surface area contributed by atoms with Crippen LogP contribution in [-0.4, -0.2) is 110 Å². The number of aryl methyl sites for hydroxylation is 3. The largest absolute Gasteiger partial charge is 0.492 e. The van der Waals surface area contributed by atoms with E-state index in [9.17, 15) is 9.59 Å². The van der Waals surface area contributed by atoms with Crippen molar-refractivity contribution < 1.29 is 4.74 Å². The molecule has 0 radical (unpaired) electrons. The molecule has 6 aromatic rings. The van der Waals surface area contributed by atoms with E-state index >= 15 is 0 Å². The van der Waals surface area contributed by atoms with Gasteiger partial charge >= 0.3 is 11.4 Å². The fourth-order valence-electron chi connectivity index (χ4n) is 7.70. The van der Waals surface area contributed by atoms with Gasteiger partial charge in [0.25, 0.3) is 0 Å². The number of para-hydroxylation sites is 1. The van der Waals surface area contributed by atoms with Crippen LogP contribution in [0.3, 0.4) is 0 Å². The summed E-state index contributed by atoms with van der Waals surface area (Å²) in [5.74, 6) is 1.62. The van der Waals surface area contributed by atoms with E-state index in [1.165, 1.54) is 11.4 Å². The molecule has 0 bridgehead atoms. The number of ether oxygens (including phenoxy) is 1. The zero-order valence-electron chi connectivity index (χ0n) is 33.8. The standard InChI is InChI=1S/C25H32ClN5O2.C19H22ClN5O/c1-2-24-27-31(25(32)30(24)18-19-33-23-10-4-3-5-11-23)13-7-12-28-14-16-29(17-15-28)22-9-6-8-21(26)20-22;20-16-5-3-6-17(15-16)23-13-11-22(12-14-23)8-4-10-25-19(26)24-9-2-1-7-18(24)21-25/h3-6,8-11,20H,2,7,12-19H2,1H3;1-3,5-7,9,15H,4,8,10-14H2. The van der Waals surface area contributed by atoms with Gasteiger partial charge < -0.3 is 14.5 Å². The summed E-state index contributed by atoms with van der Waals surface area (Å²) in [6, 6.07) is 31.3. The van der Waals surface area contributed by atoms with Crippen molar-refractivity contribution >= 4 is 40.2 Å². The first-order valence-corrected chi connectivity index (χ1v) is 21.4. The fraction of sp³-hybridized carbons (Fsp3) is 0.409. The van der Waals surface area contributed by atoms with E-state index < -0.39 is 0 Å². The molecule has 3 aromatic heterocycles. The van der Waals surface area contributed by atoms with Gasteiger partial charge in [0.1, 0.15) is 18.2 Å². The number of nitrogens with zero attached hydrogens (tertiary/aromatic N) is 10. The molecule has 0 N–H and O–H groups in total. The Kier molecular flexibility index (Phi) is 14.8. The second-order valence-corrected chi connectivity index (χ2v) is 15.7. The number of rotatable bonds is 15. The number of hydrogen-bond acceptors (Lipinski definition) is 9. The van der Waals surface area contributed by atoms with Gasteiger partial charge in [-0.1, -0.05) is 66.5 Å². The third kappa shape index (κ3) is 11.4. The zero-order valence-corrected chi connectivity index (χ0v) is 35.3. The lowest BCUT2D eigenvalue weighted by Crippen LogP contribution is -2.46. The second kappa shape index (κ2) is 20.7. The van der Waals surface area contributed by atoms with Crippen LogP contribution in [-0.2, 0) is 26.1 Å². The Hall–Kier alpha value is -5.08. The average Bonchev–Trinajstić information content (AvgIpc) is 3.75. The van der Waals surface area contributed by atoms with E-state index in [2.05, 4.69) is 41.9 Å². The number of fused-ring (bicyclic) bond motifs is 1. The Labute approximate surface area is 355 Å². The van der Waals surface area contributed by atoms with E-state index in [4.69, 9.17) is 27.9 Å². The predicted octanol–water partition coefficient (Wildman–Crippen LogP) is 5.91. The van der Waals surface area contributed by atoms with Gasteiger partial charge in [-0.05, 0) is 73.5 Å². The molecule has 15 heteroatoms. The molecule has 3 aromatic carbocycles. The van der Waals surface area contributed by atoms with Gasteiger partial charge in [0.05, 0.1) is 6.54 Å². The normalized spacial score (nSPS) is 15.0. The van der Waals surface area contributed by atoms with Crippen LogP contribution >= 0.6 is 23.2 Å². The highest BCUT2D eigenvalue weighted by atomic mass is 35.5. The molecule has 8 rings (SSSR count). The van der Waals surface area contributed by atoms with Crippen molar-refractivity contribution in [3.63, 3.8) is 0 Å². The van der Waals surface area contributed by atoms with Crippen LogP contribution in [0.1, 0.15) is 25.6 Å². The maximum Gasteiger partial charge on any atom is 0.350 e. The summed E-state index contributed by atoms with van der Waals surface area (Å²) >= 11 is 12.2. The fourth-order valence-corrected chi connectivity index (χ4v) is 8.07. The number of halogens is 2. The molecular weight excluding hydrogens is 787 g/mol. The van der Waals surface area contributed by atoms with Crippen molar-refractivity contribution in [1.29, 1.82) is 0 Å². The third-order valence-corrected chi connectivity index (χ3v) is 11.4. The first-order chi connectivity index (χ1) is 28.8. The summed E-state index contributed by atoms with van der Waals surface area (Å²) in [6.45, 7) is 14.2. The van der Waals surface area contributed by atoms with E-state index in [1.807, 2.05) is 91.9 Å². The smallest absolute Gasteiger partial charge is 0.350 e. The van der Waals surface area contributed by atoms with Gasteiger partial charge in [-0.15, -0.1) is 5.10 Å². The Morgan fingerprint density at radius 3 is 1.69 bits per heavy atom. The van der Waals surface area contributed by atoms with Crippen molar-refractivity contribution in [1.82, 2.24) is 38.3 Å². The minimum absolute atomic E-state index is 0.0470. The zero-order chi connectivity index (χ0) is 41.0. The molecule has 0 spiro atoms. The topological polar surface area (TPSA) is 101 Å². The van der Waals surface area contributed by atoms with Gasteiger partial charge in [-0.3, -0.25) is 18.8 Å². The van der Waals surface area contributed by atoms with Crippen LogP contribution in [0.5, 0.6) is 5.75 Å². The van der Waals surface area contributed by atoms with Crippen LogP contribution in [0.15, 0.2) is 113 Å². The second-order valence-electron chi connectivity index (χ2n) is 14.8. The minimum atomic E-state index is -0.0635. The van der Waals surface area contributed by atoms with E-state index in [0.717, 1.165) is 106 Å². The molecule has 2 aliphatic rings. The first kappa shape index (κ1) is 42.1. The third-order valence-electron chi connectivity index (χ3n) is 10.9. The van der Waals surface area contributed by atoms with Crippen LogP contribution in [0.2, 0.25) is 10.0 Å². The van der Waals surface area contributed by atoms with E-state index in [1.54, 1.807) is 24.5 Å². The molecule has 2 fully saturated rings. The highest BCUT2D eigenvalue weighted by Gasteiger charge is 2.19. The van der Waals surface area contributed by atoms with Crippen LogP contribution in [0, 0.1) is 0 Å². The molecule has 2 saturated heterocycles. The maximum absolute atomic E-state index is 12.9. The van der Waals surface area contributed by atoms with Crippen LogP contribution < -0.4 is 25.9 Å². The summed E-state index contributed by atoms with van der Waals surface area (Å²) < 4.78 is 12.3. The Morgan fingerprint density at radius 2 is 1.15 bits per heavy atom. The van der Waals surface area contributed by atoms with Gasteiger partial charge in [0.2, 0.25) is 0 Å². The predicted molar refractivity (Wildman–Crippen MR) is 237 cm³/mol. The summed E-state index contributed by atoms with van der Waals surface area (Å²) in [5.41, 5.74) is 2.96. The molecule has 0 saturated carbocycles. The molecule has 5 heterocycles. The van der Waals surface area contributed by atoms with Gasteiger partial charge in [0, 0.05) is 113 Å². The molecule has 0 unspecified atom stereocenters. The molecule has 59 heavy (non-hydrogen) atoms. The van der Waals surface area contributed by atoms with Gasteiger partial charge in [-0.25, -0.2) is 19.0 Å². The number of benzene rings is 3. The van der Waals surface area contributed by atoms with Gasteiger partial charge in [0.15, 0.2) is 5.65 Å². The number of anilines is 2. The summed E-state index contributed by atoms with van der Waals surface area (Å²) in [6.07, 6.45) is 4.30. The molecule has 312 valence electrons. The monoisotopic (exact) mass is 840 g/mol. The lowest BCUT2D eigenvalue weighted by molar-refractivity contribution is 0.248. The summed E-state index contributed by atoms with van der Waals surface area (Å²) in [5, 5.41) is 10.5. The first-order valence-electron chi connectivity index (χ1n) is 20.7. The van der Waals surface area contributed by atoms with E-state index in [0.29, 0.717) is 31.9 Å². The lowest BCUT2D eigenvalue weighted by Gasteiger charge is -2.36. The van der Waals surface area contributed by atoms with Gasteiger partial charge in [-0.2, -0.15) is 5.10 Å². The summed E-state index contributed by atoms with van der Waals surface area (Å²) in [4.78, 5) is 34.8. The Bertz CT molecular complexity index is 2340. The minimum Gasteiger partial charge on any atom is -0.492 e. The molecule has 2 aliphatic heterocycles. The maximum atomic E-state index is 12.9. The number of aromatic nitrogens is 6. The molecule has 0 atom stereocenters. The summed E-state index contributed by atoms with van der Waals surface area (Å²) in [7, 11) is 0. The van der Waals surface area contributed by atoms with Crippen molar-refractivity contribution in [2.75, 3.05) is 81.9 Å². The highest BCUT2D eigenvalue weighted by Crippen LogP contribution is 2.22. The molecule has 0 aliphatic carbocycles. The van der Waals surface area contributed by atoms with Crippen molar-refractivity contribution in [2.45, 2.75) is 45.8 Å². The lowest BCUT2D eigenvalue weighted by atomic mass is 10.2. The van der Waals surface area contributed by atoms with Crippen molar-refractivity contribution in [3.05, 3.63) is 140 Å².